The van der Waals surface area contributed by atoms with Crippen molar-refractivity contribution in [3.63, 3.8) is 0 Å². The molecule has 2 amide bonds. The quantitative estimate of drug-likeness (QED) is 0.781. The van der Waals surface area contributed by atoms with Crippen molar-refractivity contribution in [2.75, 3.05) is 32.7 Å². The second-order valence-electron chi connectivity index (χ2n) is 6.23. The molecule has 1 rings (SSSR count). The molecule has 21 heavy (non-hydrogen) atoms. The molecule has 6 nitrogen and oxygen atoms in total. The van der Waals surface area contributed by atoms with E-state index in [0.717, 1.165) is 26.1 Å². The van der Waals surface area contributed by atoms with Crippen molar-refractivity contribution in [3.8, 4) is 0 Å². The van der Waals surface area contributed by atoms with Gasteiger partial charge in [0.1, 0.15) is 0 Å². The second kappa shape index (κ2) is 7.64. The second-order valence-corrected chi connectivity index (χ2v) is 6.23. The summed E-state index contributed by atoms with van der Waals surface area (Å²) >= 11 is 0. The number of amides is 2. The van der Waals surface area contributed by atoms with Crippen LogP contribution in [0.25, 0.3) is 0 Å². The Morgan fingerprint density at radius 1 is 1.38 bits per heavy atom. The van der Waals surface area contributed by atoms with Crippen molar-refractivity contribution < 1.29 is 14.7 Å². The molecule has 0 aromatic carbocycles. The van der Waals surface area contributed by atoms with E-state index in [2.05, 4.69) is 24.1 Å². The summed E-state index contributed by atoms with van der Waals surface area (Å²) in [5.74, 6) is -0.823. The third-order valence-electron chi connectivity index (χ3n) is 4.30. The monoisotopic (exact) mass is 299 g/mol. The van der Waals surface area contributed by atoms with Gasteiger partial charge in [-0.1, -0.05) is 13.8 Å². The fourth-order valence-electron chi connectivity index (χ4n) is 2.80. The Hall–Kier alpha value is -1.30. The van der Waals surface area contributed by atoms with E-state index < -0.39 is 11.4 Å². The first kappa shape index (κ1) is 17.8. The van der Waals surface area contributed by atoms with E-state index in [1.54, 1.807) is 11.8 Å². The lowest BCUT2D eigenvalue weighted by Gasteiger charge is -2.38. The summed E-state index contributed by atoms with van der Waals surface area (Å²) in [5, 5.41) is 12.3. The van der Waals surface area contributed by atoms with Crippen LogP contribution in [-0.2, 0) is 4.79 Å². The van der Waals surface area contributed by atoms with E-state index in [4.69, 9.17) is 0 Å². The highest BCUT2D eigenvalue weighted by atomic mass is 16.4. The fourth-order valence-corrected chi connectivity index (χ4v) is 2.80. The highest BCUT2D eigenvalue weighted by molar-refractivity contribution is 5.78. The Balaban J connectivity index is 2.53. The molecule has 2 unspecified atom stereocenters. The largest absolute Gasteiger partial charge is 0.481 e. The van der Waals surface area contributed by atoms with Crippen LogP contribution in [0.3, 0.4) is 0 Å². The zero-order valence-electron chi connectivity index (χ0n) is 13.7. The predicted octanol–water partition coefficient (Wildman–Crippen LogP) is 1.61. The van der Waals surface area contributed by atoms with Crippen LogP contribution in [0.5, 0.6) is 0 Å². The van der Waals surface area contributed by atoms with Crippen LogP contribution in [-0.4, -0.2) is 65.7 Å². The molecule has 1 fully saturated rings. The Morgan fingerprint density at radius 2 is 2.00 bits per heavy atom. The van der Waals surface area contributed by atoms with E-state index in [1.165, 1.54) is 0 Å². The maximum Gasteiger partial charge on any atom is 0.317 e. The number of likely N-dealkylation sites (tertiary alicyclic amines) is 1. The molecule has 6 heteroatoms. The average molecular weight is 299 g/mol. The van der Waals surface area contributed by atoms with Gasteiger partial charge < -0.3 is 20.2 Å². The zero-order chi connectivity index (χ0) is 16.0. The van der Waals surface area contributed by atoms with Crippen molar-refractivity contribution in [3.05, 3.63) is 0 Å². The van der Waals surface area contributed by atoms with E-state index in [0.29, 0.717) is 13.0 Å². The number of carbonyl (C=O) groups excluding carboxylic acids is 1. The van der Waals surface area contributed by atoms with Crippen LogP contribution in [0.15, 0.2) is 0 Å². The van der Waals surface area contributed by atoms with Gasteiger partial charge in [0.15, 0.2) is 0 Å². The van der Waals surface area contributed by atoms with Gasteiger partial charge in [0.25, 0.3) is 0 Å². The fraction of sp³-hybridized carbons (Fsp3) is 0.867. The van der Waals surface area contributed by atoms with Gasteiger partial charge >= 0.3 is 12.0 Å². The van der Waals surface area contributed by atoms with Crippen molar-refractivity contribution in [1.82, 2.24) is 15.1 Å². The lowest BCUT2D eigenvalue weighted by atomic mass is 9.82. The van der Waals surface area contributed by atoms with Gasteiger partial charge in [-0.05, 0) is 39.8 Å². The first-order valence-electron chi connectivity index (χ1n) is 7.83. The minimum Gasteiger partial charge on any atom is -0.481 e. The molecule has 0 spiro atoms. The van der Waals surface area contributed by atoms with Crippen LogP contribution in [0.4, 0.5) is 4.79 Å². The molecule has 0 aromatic heterocycles. The molecule has 1 aliphatic heterocycles. The van der Waals surface area contributed by atoms with Crippen LogP contribution < -0.4 is 5.32 Å². The first-order valence-corrected chi connectivity index (χ1v) is 7.83. The van der Waals surface area contributed by atoms with Crippen molar-refractivity contribution in [2.45, 2.75) is 46.6 Å². The van der Waals surface area contributed by atoms with Crippen LogP contribution in [0.1, 0.15) is 40.5 Å². The number of rotatable bonds is 6. The summed E-state index contributed by atoms with van der Waals surface area (Å²) in [6.45, 7) is 11.5. The standard InChI is InChI=1S/C15H29N3O3/c1-5-17(6-2)10-12(3)16-14(21)18-9-7-8-15(4,11-18)13(19)20/h12H,5-11H2,1-4H3,(H,16,21)(H,19,20). The third kappa shape index (κ3) is 4.88. The lowest BCUT2D eigenvalue weighted by Crippen LogP contribution is -2.54. The molecular weight excluding hydrogens is 270 g/mol. The molecule has 2 atom stereocenters. The Labute approximate surface area is 127 Å². The molecular formula is C15H29N3O3. The Bertz CT molecular complexity index is 371. The number of hydrogen-bond donors (Lipinski definition) is 2. The molecule has 0 radical (unpaired) electrons. The van der Waals surface area contributed by atoms with E-state index in [9.17, 15) is 14.7 Å². The van der Waals surface area contributed by atoms with Crippen molar-refractivity contribution in [2.24, 2.45) is 5.41 Å². The smallest absolute Gasteiger partial charge is 0.317 e. The van der Waals surface area contributed by atoms with Gasteiger partial charge in [-0.15, -0.1) is 0 Å². The van der Waals surface area contributed by atoms with Gasteiger partial charge in [-0.25, -0.2) is 4.79 Å². The number of hydrogen-bond acceptors (Lipinski definition) is 3. The highest BCUT2D eigenvalue weighted by Crippen LogP contribution is 2.29. The SMILES string of the molecule is CCN(CC)CC(C)NC(=O)N1CCCC(C)(C(=O)O)C1. The minimum absolute atomic E-state index is 0.0513. The van der Waals surface area contributed by atoms with Crippen LogP contribution in [0.2, 0.25) is 0 Å². The number of carboxylic acids is 1. The molecule has 1 aliphatic rings. The number of likely N-dealkylation sites (N-methyl/N-ethyl adjacent to an activating group) is 1. The van der Waals surface area contributed by atoms with E-state index in [1.807, 2.05) is 6.92 Å². The molecule has 2 N–H and O–H groups in total. The third-order valence-corrected chi connectivity index (χ3v) is 4.30. The summed E-state index contributed by atoms with van der Waals surface area (Å²) < 4.78 is 0. The zero-order valence-corrected chi connectivity index (χ0v) is 13.7. The van der Waals surface area contributed by atoms with Gasteiger partial charge in [-0.2, -0.15) is 0 Å². The summed E-state index contributed by atoms with van der Waals surface area (Å²) in [6, 6.07) is -0.0998. The molecule has 0 bridgehead atoms. The van der Waals surface area contributed by atoms with Gasteiger partial charge in [0, 0.05) is 25.7 Å². The molecule has 1 heterocycles. The number of carboxylic acid groups (broad SMARTS) is 1. The summed E-state index contributed by atoms with van der Waals surface area (Å²) in [4.78, 5) is 27.5. The van der Waals surface area contributed by atoms with Crippen molar-refractivity contribution in [1.29, 1.82) is 0 Å². The van der Waals surface area contributed by atoms with Crippen LogP contribution in [0, 0.1) is 5.41 Å². The molecule has 122 valence electrons. The number of urea groups is 1. The first-order chi connectivity index (χ1) is 9.82. The van der Waals surface area contributed by atoms with Crippen LogP contribution >= 0.6 is 0 Å². The van der Waals surface area contributed by atoms with Gasteiger partial charge in [0.2, 0.25) is 0 Å². The normalized spacial score (nSPS) is 24.0. The molecule has 0 aliphatic carbocycles. The highest BCUT2D eigenvalue weighted by Gasteiger charge is 2.39. The molecule has 0 aromatic rings. The summed E-state index contributed by atoms with van der Waals surface area (Å²) in [5.41, 5.74) is -0.822. The number of nitrogens with one attached hydrogen (secondary N) is 1. The Morgan fingerprint density at radius 3 is 2.52 bits per heavy atom. The van der Waals surface area contributed by atoms with E-state index in [-0.39, 0.29) is 18.6 Å². The van der Waals surface area contributed by atoms with Gasteiger partial charge in [0.05, 0.1) is 5.41 Å². The topological polar surface area (TPSA) is 72.9 Å². The van der Waals surface area contributed by atoms with Gasteiger partial charge in [-0.3, -0.25) is 4.79 Å². The number of aliphatic carboxylic acids is 1. The van der Waals surface area contributed by atoms with Crippen molar-refractivity contribution >= 4 is 12.0 Å². The lowest BCUT2D eigenvalue weighted by molar-refractivity contribution is -0.150. The Kier molecular flexibility index (Phi) is 6.45. The molecule has 1 saturated heterocycles. The maximum atomic E-state index is 12.3. The summed E-state index contributed by atoms with van der Waals surface area (Å²) in [6.07, 6.45) is 1.36. The number of piperidine rings is 1. The number of nitrogens with zero attached hydrogens (tertiary/aromatic N) is 2. The predicted molar refractivity (Wildman–Crippen MR) is 82.3 cm³/mol. The maximum absolute atomic E-state index is 12.3. The minimum atomic E-state index is -0.823. The van der Waals surface area contributed by atoms with E-state index >= 15 is 0 Å². The molecule has 0 saturated carbocycles. The summed E-state index contributed by atoms with van der Waals surface area (Å²) in [7, 11) is 0. The number of carbonyl (C=O) groups is 2. The average Bonchev–Trinajstić information content (AvgIpc) is 2.44.